The van der Waals surface area contributed by atoms with E-state index >= 15 is 0 Å². The van der Waals surface area contributed by atoms with Crippen LogP contribution in [0.1, 0.15) is 5.56 Å². The molecular formula is C14H15NOS. The van der Waals surface area contributed by atoms with Crippen LogP contribution in [0, 0.1) is 0 Å². The van der Waals surface area contributed by atoms with Gasteiger partial charge in [-0.05, 0) is 17.7 Å². The smallest absolute Gasteiger partial charge is 0.121 e. The largest absolute Gasteiger partial charge is 0.489 e. The molecule has 0 saturated heterocycles. The monoisotopic (exact) mass is 245 g/mol. The van der Waals surface area contributed by atoms with Gasteiger partial charge in [-0.3, -0.25) is 0 Å². The van der Waals surface area contributed by atoms with Crippen molar-refractivity contribution in [2.75, 3.05) is 11.2 Å². The predicted molar refractivity (Wildman–Crippen MR) is 74.7 cm³/mol. The zero-order valence-corrected chi connectivity index (χ0v) is 10.4. The van der Waals surface area contributed by atoms with Crippen LogP contribution in [0.2, 0.25) is 0 Å². The SMILES string of the molecule is SCNc1cccc(OCc2ccccc2)c1. The maximum Gasteiger partial charge on any atom is 0.121 e. The summed E-state index contributed by atoms with van der Waals surface area (Å²) in [4.78, 5) is 0. The van der Waals surface area contributed by atoms with Gasteiger partial charge >= 0.3 is 0 Å². The molecule has 0 aliphatic heterocycles. The predicted octanol–water partition coefficient (Wildman–Crippen LogP) is 3.56. The minimum atomic E-state index is 0.588. The molecule has 0 heterocycles. The molecule has 2 aromatic carbocycles. The van der Waals surface area contributed by atoms with E-state index in [0.717, 1.165) is 11.4 Å². The first-order valence-corrected chi connectivity index (χ1v) is 6.13. The van der Waals surface area contributed by atoms with Crippen LogP contribution in [-0.4, -0.2) is 5.88 Å². The Labute approximate surface area is 107 Å². The van der Waals surface area contributed by atoms with Gasteiger partial charge in [0.25, 0.3) is 0 Å². The van der Waals surface area contributed by atoms with E-state index in [0.29, 0.717) is 12.5 Å². The van der Waals surface area contributed by atoms with E-state index in [-0.39, 0.29) is 0 Å². The summed E-state index contributed by atoms with van der Waals surface area (Å²) in [6.45, 7) is 0.588. The summed E-state index contributed by atoms with van der Waals surface area (Å²) in [6.07, 6.45) is 0. The second-order valence-corrected chi connectivity index (χ2v) is 3.95. The van der Waals surface area contributed by atoms with Gasteiger partial charge in [-0.25, -0.2) is 0 Å². The van der Waals surface area contributed by atoms with Crippen molar-refractivity contribution in [2.24, 2.45) is 0 Å². The maximum absolute atomic E-state index is 5.71. The normalized spacial score (nSPS) is 9.94. The Balaban J connectivity index is 1.97. The zero-order chi connectivity index (χ0) is 11.9. The average molecular weight is 245 g/mol. The van der Waals surface area contributed by atoms with Crippen molar-refractivity contribution in [3.8, 4) is 5.75 Å². The van der Waals surface area contributed by atoms with Gasteiger partial charge in [-0.2, -0.15) is 12.6 Å². The molecule has 88 valence electrons. The molecule has 2 rings (SSSR count). The molecule has 0 fully saturated rings. The molecule has 0 amide bonds. The van der Waals surface area contributed by atoms with Crippen LogP contribution in [0.15, 0.2) is 54.6 Å². The minimum Gasteiger partial charge on any atom is -0.489 e. The summed E-state index contributed by atoms with van der Waals surface area (Å²) in [5, 5.41) is 3.13. The summed E-state index contributed by atoms with van der Waals surface area (Å²) < 4.78 is 5.71. The Hall–Kier alpha value is -1.61. The fourth-order valence-electron chi connectivity index (χ4n) is 1.53. The van der Waals surface area contributed by atoms with Crippen molar-refractivity contribution >= 4 is 18.3 Å². The summed E-state index contributed by atoms with van der Waals surface area (Å²) in [7, 11) is 0. The van der Waals surface area contributed by atoms with Gasteiger partial charge in [0.05, 0.1) is 5.88 Å². The maximum atomic E-state index is 5.71. The van der Waals surface area contributed by atoms with Crippen molar-refractivity contribution in [3.63, 3.8) is 0 Å². The van der Waals surface area contributed by atoms with Gasteiger partial charge < -0.3 is 10.1 Å². The van der Waals surface area contributed by atoms with E-state index in [2.05, 4.69) is 30.1 Å². The quantitative estimate of drug-likeness (QED) is 0.621. The number of rotatable bonds is 5. The van der Waals surface area contributed by atoms with Gasteiger partial charge in [-0.1, -0.05) is 36.4 Å². The Morgan fingerprint density at radius 3 is 2.59 bits per heavy atom. The van der Waals surface area contributed by atoms with E-state index in [4.69, 9.17) is 4.74 Å². The molecule has 0 atom stereocenters. The molecule has 0 bridgehead atoms. The van der Waals surface area contributed by atoms with Crippen LogP contribution < -0.4 is 10.1 Å². The standard InChI is InChI=1S/C14H15NOS/c17-11-15-13-7-4-8-14(9-13)16-10-12-5-2-1-3-6-12/h1-9,15,17H,10-11H2. The van der Waals surface area contributed by atoms with Crippen molar-refractivity contribution in [2.45, 2.75) is 6.61 Å². The number of thiol groups is 1. The molecule has 17 heavy (non-hydrogen) atoms. The fraction of sp³-hybridized carbons (Fsp3) is 0.143. The fourth-order valence-corrected chi connectivity index (χ4v) is 1.71. The summed E-state index contributed by atoms with van der Waals surface area (Å²) in [5.41, 5.74) is 2.19. The molecule has 0 spiro atoms. The number of nitrogens with one attached hydrogen (secondary N) is 1. The van der Waals surface area contributed by atoms with E-state index < -0.39 is 0 Å². The average Bonchev–Trinajstić information content (AvgIpc) is 2.39. The van der Waals surface area contributed by atoms with Gasteiger partial charge in [0.1, 0.15) is 12.4 Å². The Morgan fingerprint density at radius 2 is 1.82 bits per heavy atom. The first-order valence-electron chi connectivity index (χ1n) is 5.50. The van der Waals surface area contributed by atoms with Gasteiger partial charge in [0.15, 0.2) is 0 Å². The first-order chi connectivity index (χ1) is 8.38. The van der Waals surface area contributed by atoms with E-state index in [1.54, 1.807) is 0 Å². The molecule has 0 radical (unpaired) electrons. The lowest BCUT2D eigenvalue weighted by Crippen LogP contribution is -1.97. The third-order valence-electron chi connectivity index (χ3n) is 2.37. The highest BCUT2D eigenvalue weighted by atomic mass is 32.1. The van der Waals surface area contributed by atoms with E-state index in [1.165, 1.54) is 5.56 Å². The molecule has 0 aliphatic rings. The Bertz CT molecular complexity index is 459. The van der Waals surface area contributed by atoms with E-state index in [1.807, 2.05) is 42.5 Å². The van der Waals surface area contributed by atoms with Crippen LogP contribution in [0.25, 0.3) is 0 Å². The Kier molecular flexibility index (Phi) is 4.33. The number of hydrogen-bond donors (Lipinski definition) is 2. The minimum absolute atomic E-state index is 0.588. The van der Waals surface area contributed by atoms with E-state index in [9.17, 15) is 0 Å². The van der Waals surface area contributed by atoms with Gasteiger partial charge in [0.2, 0.25) is 0 Å². The van der Waals surface area contributed by atoms with Gasteiger partial charge in [-0.15, -0.1) is 0 Å². The second kappa shape index (κ2) is 6.21. The lowest BCUT2D eigenvalue weighted by molar-refractivity contribution is 0.306. The van der Waals surface area contributed by atoms with Crippen molar-refractivity contribution < 1.29 is 4.74 Å². The molecule has 2 aromatic rings. The first kappa shape index (κ1) is 11.9. The zero-order valence-electron chi connectivity index (χ0n) is 9.47. The molecule has 0 unspecified atom stereocenters. The molecule has 3 heteroatoms. The molecule has 0 saturated carbocycles. The summed E-state index contributed by atoms with van der Waals surface area (Å²) in [6, 6.07) is 18.0. The Morgan fingerprint density at radius 1 is 1.00 bits per heavy atom. The third kappa shape index (κ3) is 3.71. The highest BCUT2D eigenvalue weighted by molar-refractivity contribution is 7.80. The summed E-state index contributed by atoms with van der Waals surface area (Å²) >= 11 is 4.12. The lowest BCUT2D eigenvalue weighted by atomic mass is 10.2. The highest BCUT2D eigenvalue weighted by Crippen LogP contribution is 2.18. The molecular weight excluding hydrogens is 230 g/mol. The van der Waals surface area contributed by atoms with Crippen molar-refractivity contribution in [1.82, 2.24) is 0 Å². The second-order valence-electron chi connectivity index (χ2n) is 3.64. The number of ether oxygens (including phenoxy) is 1. The number of benzene rings is 2. The molecule has 0 aromatic heterocycles. The van der Waals surface area contributed by atoms with Crippen molar-refractivity contribution in [3.05, 3.63) is 60.2 Å². The number of hydrogen-bond acceptors (Lipinski definition) is 3. The van der Waals surface area contributed by atoms with Crippen LogP contribution >= 0.6 is 12.6 Å². The van der Waals surface area contributed by atoms with Crippen LogP contribution in [-0.2, 0) is 6.61 Å². The van der Waals surface area contributed by atoms with Gasteiger partial charge in [0, 0.05) is 11.8 Å². The highest BCUT2D eigenvalue weighted by Gasteiger charge is 1.97. The van der Waals surface area contributed by atoms with Crippen LogP contribution in [0.4, 0.5) is 5.69 Å². The van der Waals surface area contributed by atoms with Crippen LogP contribution in [0.5, 0.6) is 5.75 Å². The molecule has 2 nitrogen and oxygen atoms in total. The molecule has 0 aliphatic carbocycles. The van der Waals surface area contributed by atoms with Crippen molar-refractivity contribution in [1.29, 1.82) is 0 Å². The topological polar surface area (TPSA) is 21.3 Å². The summed E-state index contributed by atoms with van der Waals surface area (Å²) in [5.74, 6) is 1.47. The molecule has 1 N–H and O–H groups in total. The third-order valence-corrected chi connectivity index (χ3v) is 2.52. The lowest BCUT2D eigenvalue weighted by Gasteiger charge is -2.08. The number of anilines is 1. The van der Waals surface area contributed by atoms with Crippen LogP contribution in [0.3, 0.4) is 0 Å².